The number of Topliss-reactive ketones (excluding diaryl/α,β-unsaturated/α-hetero) is 1. The molecule has 0 saturated carbocycles. The first kappa shape index (κ1) is 16.7. The second-order valence-corrected chi connectivity index (χ2v) is 6.76. The van der Waals surface area contributed by atoms with E-state index in [0.717, 1.165) is 11.3 Å². The third-order valence-corrected chi connectivity index (χ3v) is 4.59. The summed E-state index contributed by atoms with van der Waals surface area (Å²) in [6, 6.07) is 4.73. The molecule has 0 fully saturated rings. The highest BCUT2D eigenvalue weighted by atomic mass is 32.1. The molecule has 24 heavy (non-hydrogen) atoms. The Bertz CT molecular complexity index is 1000. The van der Waals surface area contributed by atoms with Gasteiger partial charge in [-0.25, -0.2) is 0 Å². The van der Waals surface area contributed by atoms with E-state index in [2.05, 4.69) is 45.7 Å². The predicted octanol–water partition coefficient (Wildman–Crippen LogP) is 4.30. The molecule has 10 heteroatoms. The minimum absolute atomic E-state index is 0.0765. The molecular weight excluding hydrogens is 368 g/mol. The lowest BCUT2D eigenvalue weighted by atomic mass is 10.1. The molecule has 0 spiro atoms. The number of fused-ring (bicyclic) bond motifs is 1. The minimum atomic E-state index is -0.261. The van der Waals surface area contributed by atoms with Crippen molar-refractivity contribution < 1.29 is 15.0 Å². The summed E-state index contributed by atoms with van der Waals surface area (Å²) in [7, 11) is 0. The van der Waals surface area contributed by atoms with E-state index < -0.39 is 0 Å². The van der Waals surface area contributed by atoms with Gasteiger partial charge in [-0.05, 0) is 23.6 Å². The predicted molar refractivity (Wildman–Crippen MR) is 95.9 cm³/mol. The number of azo groups is 1. The Balaban J connectivity index is 2.08. The Hall–Kier alpha value is -2.17. The van der Waals surface area contributed by atoms with Crippen LogP contribution in [0.4, 0.5) is 10.8 Å². The second kappa shape index (κ2) is 6.38. The van der Waals surface area contributed by atoms with Crippen LogP contribution in [-0.4, -0.2) is 26.2 Å². The molecule has 0 unspecified atom stereocenters. The summed E-state index contributed by atoms with van der Waals surface area (Å²) in [5.41, 5.74) is 0.0765. The van der Waals surface area contributed by atoms with Crippen LogP contribution in [0, 0.1) is 0 Å². The van der Waals surface area contributed by atoms with Gasteiger partial charge in [-0.1, -0.05) is 11.3 Å². The van der Waals surface area contributed by atoms with Gasteiger partial charge in [0.25, 0.3) is 5.13 Å². The molecular formula is C14H10N4O3S3. The molecule has 0 aliphatic heterocycles. The molecule has 2 N–H and O–H groups in total. The number of carbonyl (C=O) groups excluding carboxylic acids is 1. The van der Waals surface area contributed by atoms with E-state index in [9.17, 15) is 15.0 Å². The van der Waals surface area contributed by atoms with Gasteiger partial charge in [-0.3, -0.25) is 4.79 Å². The average Bonchev–Trinajstić information content (AvgIpc) is 2.94. The molecule has 0 radical (unpaired) electrons. The number of benzene rings is 2. The molecule has 7 nitrogen and oxygen atoms in total. The van der Waals surface area contributed by atoms with Gasteiger partial charge in [0, 0.05) is 16.7 Å². The van der Waals surface area contributed by atoms with E-state index in [1.165, 1.54) is 13.0 Å². The van der Waals surface area contributed by atoms with Crippen molar-refractivity contribution in [3.63, 3.8) is 0 Å². The quantitative estimate of drug-likeness (QED) is 0.309. The molecule has 0 saturated heterocycles. The molecule has 0 aliphatic carbocycles. The van der Waals surface area contributed by atoms with Crippen molar-refractivity contribution in [1.82, 2.24) is 10.2 Å². The van der Waals surface area contributed by atoms with Crippen LogP contribution in [0.5, 0.6) is 11.5 Å². The molecule has 1 aromatic heterocycles. The van der Waals surface area contributed by atoms with Crippen molar-refractivity contribution in [2.75, 3.05) is 0 Å². The zero-order valence-corrected chi connectivity index (χ0v) is 14.7. The van der Waals surface area contributed by atoms with Crippen molar-refractivity contribution >= 4 is 64.0 Å². The highest BCUT2D eigenvalue weighted by Gasteiger charge is 2.15. The Morgan fingerprint density at radius 2 is 1.92 bits per heavy atom. The van der Waals surface area contributed by atoms with Crippen LogP contribution < -0.4 is 0 Å². The van der Waals surface area contributed by atoms with Crippen LogP contribution in [0.1, 0.15) is 16.7 Å². The average molecular weight is 378 g/mol. The maximum absolute atomic E-state index is 11.2. The molecule has 0 amide bonds. The second-order valence-electron chi connectivity index (χ2n) is 4.80. The van der Waals surface area contributed by atoms with Crippen molar-refractivity contribution in [3.05, 3.63) is 23.2 Å². The monoisotopic (exact) mass is 378 g/mol. The molecule has 0 bridgehead atoms. The van der Waals surface area contributed by atoms with Crippen LogP contribution in [0.15, 0.2) is 38.2 Å². The highest BCUT2D eigenvalue weighted by molar-refractivity contribution is 7.80. The van der Waals surface area contributed by atoms with Gasteiger partial charge in [0.1, 0.15) is 11.4 Å². The third kappa shape index (κ3) is 3.07. The van der Waals surface area contributed by atoms with E-state index in [0.29, 0.717) is 15.2 Å². The van der Waals surface area contributed by atoms with E-state index >= 15 is 0 Å². The Labute approximate surface area is 150 Å². The SMILES string of the molecule is CC(=O)c1nnc(N=Nc2c(S)cc3cc(S)cc(O)c3c2O)s1. The van der Waals surface area contributed by atoms with Gasteiger partial charge < -0.3 is 10.2 Å². The summed E-state index contributed by atoms with van der Waals surface area (Å²) < 4.78 is 0. The maximum Gasteiger partial charge on any atom is 0.252 e. The summed E-state index contributed by atoms with van der Waals surface area (Å²) in [5.74, 6) is -0.608. The number of phenols is 2. The van der Waals surface area contributed by atoms with Gasteiger partial charge in [-0.2, -0.15) is 0 Å². The third-order valence-electron chi connectivity index (χ3n) is 3.08. The summed E-state index contributed by atoms with van der Waals surface area (Å²) in [5, 5.41) is 36.8. The summed E-state index contributed by atoms with van der Waals surface area (Å²) in [4.78, 5) is 12.1. The summed E-state index contributed by atoms with van der Waals surface area (Å²) >= 11 is 9.45. The van der Waals surface area contributed by atoms with Crippen LogP contribution in [-0.2, 0) is 0 Å². The normalized spacial score (nSPS) is 11.5. The van der Waals surface area contributed by atoms with Crippen LogP contribution in [0.25, 0.3) is 10.8 Å². The van der Waals surface area contributed by atoms with Crippen molar-refractivity contribution in [2.24, 2.45) is 10.2 Å². The zero-order valence-electron chi connectivity index (χ0n) is 12.1. The maximum atomic E-state index is 11.2. The molecule has 2 aromatic carbocycles. The van der Waals surface area contributed by atoms with Crippen molar-refractivity contribution in [2.45, 2.75) is 16.7 Å². The largest absolute Gasteiger partial charge is 0.507 e. The van der Waals surface area contributed by atoms with E-state index in [-0.39, 0.29) is 38.5 Å². The summed E-state index contributed by atoms with van der Waals surface area (Å²) in [6.45, 7) is 1.38. The van der Waals surface area contributed by atoms with Crippen molar-refractivity contribution in [3.8, 4) is 11.5 Å². The van der Waals surface area contributed by atoms with E-state index in [1.54, 1.807) is 12.1 Å². The number of ketones is 1. The number of carbonyl (C=O) groups is 1. The first-order valence-electron chi connectivity index (χ1n) is 6.53. The van der Waals surface area contributed by atoms with Crippen molar-refractivity contribution in [1.29, 1.82) is 0 Å². The van der Waals surface area contributed by atoms with Gasteiger partial charge in [0.05, 0.1) is 5.39 Å². The van der Waals surface area contributed by atoms with Gasteiger partial charge in [0.2, 0.25) is 0 Å². The van der Waals surface area contributed by atoms with Crippen LogP contribution in [0.2, 0.25) is 0 Å². The summed E-state index contributed by atoms with van der Waals surface area (Å²) in [6.07, 6.45) is 0. The first-order valence-corrected chi connectivity index (χ1v) is 8.24. The standard InChI is InChI=1S/C14H10N4O3S3/c1-5(19)13-16-18-14(24-13)17-15-11-9(23)3-6-2-7(22)4-8(20)10(6)12(11)21/h2-4,20-23H,1H3. The lowest BCUT2D eigenvalue weighted by molar-refractivity contribution is 0.101. The smallest absolute Gasteiger partial charge is 0.252 e. The number of thiol groups is 2. The number of phenolic OH excluding ortho intramolecular Hbond substituents is 2. The first-order chi connectivity index (χ1) is 11.4. The molecule has 0 atom stereocenters. The van der Waals surface area contributed by atoms with E-state index in [1.807, 2.05) is 0 Å². The fraction of sp³-hybridized carbons (Fsp3) is 0.0714. The number of aromatic nitrogens is 2. The number of rotatable bonds is 3. The van der Waals surface area contributed by atoms with Crippen LogP contribution in [0.3, 0.4) is 0 Å². The molecule has 0 aliphatic rings. The fourth-order valence-corrected chi connectivity index (χ4v) is 3.16. The van der Waals surface area contributed by atoms with E-state index in [4.69, 9.17) is 0 Å². The number of hydrogen-bond acceptors (Lipinski definition) is 10. The fourth-order valence-electron chi connectivity index (χ4n) is 2.05. The number of nitrogens with zero attached hydrogens (tertiary/aromatic N) is 4. The molecule has 1 heterocycles. The van der Waals surface area contributed by atoms with Gasteiger partial charge in [0.15, 0.2) is 16.5 Å². The Morgan fingerprint density at radius 1 is 1.17 bits per heavy atom. The number of aromatic hydroxyl groups is 2. The van der Waals surface area contributed by atoms with Gasteiger partial charge >= 0.3 is 0 Å². The van der Waals surface area contributed by atoms with Gasteiger partial charge in [-0.15, -0.1) is 45.7 Å². The Kier molecular flexibility index (Phi) is 4.43. The van der Waals surface area contributed by atoms with Crippen LogP contribution >= 0.6 is 36.6 Å². The lowest BCUT2D eigenvalue weighted by Crippen LogP contribution is -1.88. The number of hydrogen-bond donors (Lipinski definition) is 4. The molecule has 122 valence electrons. The highest BCUT2D eigenvalue weighted by Crippen LogP contribution is 2.45. The topological polar surface area (TPSA) is 108 Å². The zero-order chi connectivity index (χ0) is 17.4. The Morgan fingerprint density at radius 3 is 2.58 bits per heavy atom. The molecule has 3 rings (SSSR count). The molecule has 3 aromatic rings. The lowest BCUT2D eigenvalue weighted by Gasteiger charge is -2.09. The minimum Gasteiger partial charge on any atom is -0.507 e.